The summed E-state index contributed by atoms with van der Waals surface area (Å²) >= 11 is 0. The molecule has 1 aromatic heterocycles. The molecule has 2 aromatic carbocycles. The minimum absolute atomic E-state index is 0.0918. The number of para-hydroxylation sites is 1. The molecule has 10 nitrogen and oxygen atoms in total. The van der Waals surface area contributed by atoms with Gasteiger partial charge in [-0.2, -0.15) is 9.78 Å². The summed E-state index contributed by atoms with van der Waals surface area (Å²) in [6, 6.07) is 14.7. The van der Waals surface area contributed by atoms with Crippen molar-refractivity contribution in [3.63, 3.8) is 0 Å². The summed E-state index contributed by atoms with van der Waals surface area (Å²) < 4.78 is 11.6. The first-order chi connectivity index (χ1) is 16.3. The first-order valence-corrected chi connectivity index (χ1v) is 10.5. The van der Waals surface area contributed by atoms with Crippen molar-refractivity contribution in [3.8, 4) is 11.4 Å². The zero-order valence-electron chi connectivity index (χ0n) is 19.0. The number of aryl methyl sites for hydroxylation is 1. The Morgan fingerprint density at radius 3 is 2.38 bits per heavy atom. The number of benzene rings is 2. The number of amides is 2. The summed E-state index contributed by atoms with van der Waals surface area (Å²) in [4.78, 5) is 48.8. The number of hydrogen-bond donors (Lipinski definition) is 2. The van der Waals surface area contributed by atoms with Crippen molar-refractivity contribution in [2.24, 2.45) is 0 Å². The number of esters is 1. The zero-order valence-corrected chi connectivity index (χ0v) is 19.0. The van der Waals surface area contributed by atoms with Crippen molar-refractivity contribution < 1.29 is 23.9 Å². The standard InChI is InChI=1S/C24H24N4O6/c1-4-33-24(32)23-20(13-22(31)28(27-23)19-11-6-5-8-15(19)2)34-14-21(30)26-18-10-7-9-17(12-18)25-16(3)29/h5-13H,4,14H2,1-3H3,(H,25,29)(H,26,30). The Bertz CT molecular complexity index is 1280. The lowest BCUT2D eigenvalue weighted by atomic mass is 10.2. The number of hydrogen-bond acceptors (Lipinski definition) is 7. The molecular formula is C24H24N4O6. The highest BCUT2D eigenvalue weighted by Gasteiger charge is 2.21. The van der Waals surface area contributed by atoms with Gasteiger partial charge in [0, 0.05) is 18.3 Å². The van der Waals surface area contributed by atoms with Crippen molar-refractivity contribution >= 4 is 29.2 Å². The number of carbonyl (C=O) groups is 3. The number of nitrogens with zero attached hydrogens (tertiary/aromatic N) is 2. The summed E-state index contributed by atoms with van der Waals surface area (Å²) in [6.45, 7) is 4.42. The van der Waals surface area contributed by atoms with Crippen molar-refractivity contribution in [2.45, 2.75) is 20.8 Å². The maximum Gasteiger partial charge on any atom is 0.362 e. The highest BCUT2D eigenvalue weighted by molar-refractivity contribution is 5.94. The van der Waals surface area contributed by atoms with E-state index in [0.29, 0.717) is 17.1 Å². The van der Waals surface area contributed by atoms with Crippen molar-refractivity contribution in [1.82, 2.24) is 9.78 Å². The van der Waals surface area contributed by atoms with Gasteiger partial charge < -0.3 is 20.1 Å². The molecule has 34 heavy (non-hydrogen) atoms. The average molecular weight is 464 g/mol. The SMILES string of the molecule is CCOC(=O)c1nn(-c2ccccc2C)c(=O)cc1OCC(=O)Nc1cccc(NC(C)=O)c1. The van der Waals surface area contributed by atoms with Crippen LogP contribution in [0.3, 0.4) is 0 Å². The van der Waals surface area contributed by atoms with E-state index in [1.165, 1.54) is 6.92 Å². The fraction of sp³-hybridized carbons (Fsp3) is 0.208. The van der Waals surface area contributed by atoms with E-state index in [1.807, 2.05) is 19.1 Å². The molecule has 3 aromatic rings. The number of anilines is 2. The molecule has 10 heteroatoms. The van der Waals surface area contributed by atoms with Crippen LogP contribution in [0.15, 0.2) is 59.4 Å². The van der Waals surface area contributed by atoms with Crippen LogP contribution in [-0.4, -0.2) is 40.8 Å². The maximum absolute atomic E-state index is 12.7. The first-order valence-electron chi connectivity index (χ1n) is 10.5. The minimum atomic E-state index is -0.789. The Balaban J connectivity index is 1.82. The minimum Gasteiger partial charge on any atom is -0.481 e. The fourth-order valence-corrected chi connectivity index (χ4v) is 3.08. The molecule has 0 bridgehead atoms. The van der Waals surface area contributed by atoms with Gasteiger partial charge >= 0.3 is 5.97 Å². The molecule has 0 saturated heterocycles. The maximum atomic E-state index is 12.7. The predicted molar refractivity (Wildman–Crippen MR) is 125 cm³/mol. The zero-order chi connectivity index (χ0) is 24.7. The molecule has 0 aliphatic heterocycles. The molecule has 0 aliphatic rings. The molecule has 0 atom stereocenters. The Labute approximate surface area is 195 Å². The Kier molecular flexibility index (Phi) is 7.75. The quantitative estimate of drug-likeness (QED) is 0.491. The number of ether oxygens (including phenoxy) is 2. The molecular weight excluding hydrogens is 440 g/mol. The van der Waals surface area contributed by atoms with Gasteiger partial charge in [0.2, 0.25) is 11.6 Å². The topological polar surface area (TPSA) is 129 Å². The smallest absolute Gasteiger partial charge is 0.362 e. The van der Waals surface area contributed by atoms with E-state index in [-0.39, 0.29) is 24.0 Å². The van der Waals surface area contributed by atoms with Crippen molar-refractivity contribution in [3.05, 3.63) is 76.2 Å². The van der Waals surface area contributed by atoms with Gasteiger partial charge in [-0.3, -0.25) is 14.4 Å². The summed E-state index contributed by atoms with van der Waals surface area (Å²) in [5.41, 5.74) is 1.45. The summed E-state index contributed by atoms with van der Waals surface area (Å²) in [5, 5.41) is 9.40. The van der Waals surface area contributed by atoms with Gasteiger partial charge in [-0.1, -0.05) is 24.3 Å². The van der Waals surface area contributed by atoms with Crippen LogP contribution < -0.4 is 20.9 Å². The van der Waals surface area contributed by atoms with Crippen LogP contribution in [0.25, 0.3) is 5.69 Å². The molecule has 2 amide bonds. The number of nitrogens with one attached hydrogen (secondary N) is 2. The molecule has 0 unspecified atom stereocenters. The van der Waals surface area contributed by atoms with E-state index < -0.39 is 24.0 Å². The number of carbonyl (C=O) groups excluding carboxylic acids is 3. The van der Waals surface area contributed by atoms with Crippen LogP contribution in [0.4, 0.5) is 11.4 Å². The van der Waals surface area contributed by atoms with E-state index >= 15 is 0 Å². The van der Waals surface area contributed by atoms with E-state index in [9.17, 15) is 19.2 Å². The second-order valence-corrected chi connectivity index (χ2v) is 7.21. The molecule has 1 heterocycles. The van der Waals surface area contributed by atoms with E-state index in [4.69, 9.17) is 9.47 Å². The van der Waals surface area contributed by atoms with Gasteiger partial charge in [0.05, 0.1) is 18.4 Å². The third kappa shape index (κ3) is 6.06. The fourth-order valence-electron chi connectivity index (χ4n) is 3.08. The lowest BCUT2D eigenvalue weighted by molar-refractivity contribution is -0.118. The van der Waals surface area contributed by atoms with Crippen molar-refractivity contribution in [1.29, 1.82) is 0 Å². The summed E-state index contributed by atoms with van der Waals surface area (Å²) in [5.74, 6) is -1.75. The van der Waals surface area contributed by atoms with E-state index in [2.05, 4.69) is 15.7 Å². The normalized spacial score (nSPS) is 10.3. The lowest BCUT2D eigenvalue weighted by Crippen LogP contribution is -2.27. The average Bonchev–Trinajstić information content (AvgIpc) is 2.78. The van der Waals surface area contributed by atoms with Crippen LogP contribution in [0.2, 0.25) is 0 Å². The highest BCUT2D eigenvalue weighted by atomic mass is 16.5. The third-order valence-corrected chi connectivity index (χ3v) is 4.53. The third-order valence-electron chi connectivity index (χ3n) is 4.53. The van der Waals surface area contributed by atoms with Crippen LogP contribution in [0.5, 0.6) is 5.75 Å². The highest BCUT2D eigenvalue weighted by Crippen LogP contribution is 2.19. The molecule has 2 N–H and O–H groups in total. The predicted octanol–water partition coefficient (Wildman–Crippen LogP) is 2.69. The van der Waals surface area contributed by atoms with Gasteiger partial charge in [-0.15, -0.1) is 0 Å². The Morgan fingerprint density at radius 1 is 1.00 bits per heavy atom. The lowest BCUT2D eigenvalue weighted by Gasteiger charge is -2.14. The molecule has 0 fully saturated rings. The van der Waals surface area contributed by atoms with Crippen LogP contribution in [0, 0.1) is 6.92 Å². The number of aromatic nitrogens is 2. The molecule has 176 valence electrons. The van der Waals surface area contributed by atoms with Gasteiger partial charge in [0.25, 0.3) is 11.5 Å². The van der Waals surface area contributed by atoms with Crippen LogP contribution >= 0.6 is 0 Å². The van der Waals surface area contributed by atoms with Crippen molar-refractivity contribution in [2.75, 3.05) is 23.8 Å². The van der Waals surface area contributed by atoms with Gasteiger partial charge in [-0.25, -0.2) is 4.79 Å². The second-order valence-electron chi connectivity index (χ2n) is 7.21. The first kappa shape index (κ1) is 24.2. The van der Waals surface area contributed by atoms with Crippen LogP contribution in [-0.2, 0) is 14.3 Å². The van der Waals surface area contributed by atoms with Gasteiger partial charge in [0.15, 0.2) is 12.4 Å². The number of rotatable bonds is 8. The van der Waals surface area contributed by atoms with Gasteiger partial charge in [-0.05, 0) is 43.7 Å². The van der Waals surface area contributed by atoms with Gasteiger partial charge in [0.1, 0.15) is 0 Å². The summed E-state index contributed by atoms with van der Waals surface area (Å²) in [6.07, 6.45) is 0. The Hall–Kier alpha value is -4.47. The molecule has 0 radical (unpaired) electrons. The largest absolute Gasteiger partial charge is 0.481 e. The van der Waals surface area contributed by atoms with E-state index in [1.54, 1.807) is 43.3 Å². The Morgan fingerprint density at radius 2 is 1.71 bits per heavy atom. The van der Waals surface area contributed by atoms with Crippen LogP contribution in [0.1, 0.15) is 29.9 Å². The summed E-state index contributed by atoms with van der Waals surface area (Å²) in [7, 11) is 0. The van der Waals surface area contributed by atoms with E-state index in [0.717, 1.165) is 16.3 Å². The monoisotopic (exact) mass is 464 g/mol. The molecule has 0 spiro atoms. The second kappa shape index (κ2) is 10.9. The molecule has 3 rings (SSSR count). The molecule has 0 saturated carbocycles. The molecule has 0 aliphatic carbocycles.